The highest BCUT2D eigenvalue weighted by atomic mass is 16.6. The van der Waals surface area contributed by atoms with Crippen LogP contribution in [-0.4, -0.2) is 47.0 Å². The number of nitrogens with two attached hydrogens (primary N) is 1. The first-order valence-corrected chi connectivity index (χ1v) is 8.81. The molecule has 1 fully saturated rings. The van der Waals surface area contributed by atoms with Crippen molar-refractivity contribution in [1.82, 2.24) is 10.2 Å². The fourth-order valence-corrected chi connectivity index (χ4v) is 2.91. The Morgan fingerprint density at radius 3 is 2.16 bits per heavy atom. The molecule has 1 saturated heterocycles. The minimum Gasteiger partial charge on any atom is -0.444 e. The monoisotopic (exact) mass is 355 g/mol. The predicted molar refractivity (Wildman–Crippen MR) is 95.7 cm³/mol. The number of primary amides is 1. The summed E-state index contributed by atoms with van der Waals surface area (Å²) < 4.78 is 5.28. The molecule has 3 amide bonds. The molecule has 0 spiro atoms. The van der Waals surface area contributed by atoms with Crippen molar-refractivity contribution in [1.29, 1.82) is 0 Å². The Labute approximate surface area is 150 Å². The molecule has 1 aliphatic heterocycles. The van der Waals surface area contributed by atoms with Crippen LogP contribution < -0.4 is 11.1 Å². The number of likely N-dealkylation sites (tertiary alicyclic amines) is 1. The second-order valence-electron chi connectivity index (χ2n) is 9.02. The molecule has 0 aromatic rings. The molecule has 0 aliphatic carbocycles. The van der Waals surface area contributed by atoms with Gasteiger partial charge in [-0.2, -0.15) is 0 Å². The van der Waals surface area contributed by atoms with Crippen LogP contribution in [-0.2, 0) is 14.3 Å². The van der Waals surface area contributed by atoms with Gasteiger partial charge in [-0.15, -0.1) is 0 Å². The van der Waals surface area contributed by atoms with Crippen LogP contribution in [0.15, 0.2) is 0 Å². The summed E-state index contributed by atoms with van der Waals surface area (Å²) in [6, 6.07) is -1.45. The van der Waals surface area contributed by atoms with Gasteiger partial charge in [0.2, 0.25) is 11.8 Å². The Hall–Kier alpha value is -1.79. The fraction of sp³-hybridized carbons (Fsp3) is 0.833. The molecule has 0 bridgehead atoms. The first-order valence-electron chi connectivity index (χ1n) is 8.81. The molecule has 25 heavy (non-hydrogen) atoms. The summed E-state index contributed by atoms with van der Waals surface area (Å²) in [5.74, 6) is -0.479. The van der Waals surface area contributed by atoms with Gasteiger partial charge >= 0.3 is 6.09 Å². The van der Waals surface area contributed by atoms with Crippen molar-refractivity contribution in [2.24, 2.45) is 17.1 Å². The van der Waals surface area contributed by atoms with Crippen molar-refractivity contribution in [3.8, 4) is 0 Å². The molecule has 1 heterocycles. The molecule has 3 N–H and O–H groups in total. The minimum atomic E-state index is -0.808. The molecule has 0 unspecified atom stereocenters. The van der Waals surface area contributed by atoms with Gasteiger partial charge in [-0.1, -0.05) is 27.7 Å². The highest BCUT2D eigenvalue weighted by molar-refractivity contribution is 5.91. The fourth-order valence-electron chi connectivity index (χ4n) is 2.91. The standard InChI is InChI=1S/C18H33N3O4/c1-11-8-9-21(12(10-11)14(19)22)15(23)13(17(2,3)4)20-16(24)25-18(5,6)7/h11-13H,8-10H2,1-7H3,(H2,19,22)(H,20,24)/t11-,12-,13+/m0/s1. The van der Waals surface area contributed by atoms with Crippen LogP contribution in [0.1, 0.15) is 61.3 Å². The molecule has 7 nitrogen and oxygen atoms in total. The summed E-state index contributed by atoms with van der Waals surface area (Å²) in [4.78, 5) is 38.6. The second kappa shape index (κ2) is 7.62. The highest BCUT2D eigenvalue weighted by Crippen LogP contribution is 2.27. The van der Waals surface area contributed by atoms with Crippen LogP contribution in [0.2, 0.25) is 0 Å². The van der Waals surface area contributed by atoms with Crippen LogP contribution >= 0.6 is 0 Å². The lowest BCUT2D eigenvalue weighted by Crippen LogP contribution is -2.61. The number of hydrogen-bond donors (Lipinski definition) is 2. The minimum absolute atomic E-state index is 0.297. The highest BCUT2D eigenvalue weighted by Gasteiger charge is 2.41. The van der Waals surface area contributed by atoms with E-state index in [0.29, 0.717) is 18.9 Å². The maximum Gasteiger partial charge on any atom is 0.408 e. The van der Waals surface area contributed by atoms with E-state index in [9.17, 15) is 14.4 Å². The molecule has 1 rings (SSSR count). The number of carbonyl (C=O) groups is 3. The maximum atomic E-state index is 13.1. The van der Waals surface area contributed by atoms with Crippen molar-refractivity contribution in [2.45, 2.75) is 79.0 Å². The average Bonchev–Trinajstić information content (AvgIpc) is 2.40. The zero-order chi connectivity index (χ0) is 19.6. The van der Waals surface area contributed by atoms with Gasteiger partial charge in [0.25, 0.3) is 0 Å². The van der Waals surface area contributed by atoms with Gasteiger partial charge in [-0.3, -0.25) is 9.59 Å². The van der Waals surface area contributed by atoms with E-state index in [1.54, 1.807) is 20.8 Å². The first kappa shape index (κ1) is 21.3. The number of nitrogens with one attached hydrogen (secondary N) is 1. The van der Waals surface area contributed by atoms with E-state index in [1.165, 1.54) is 4.90 Å². The third kappa shape index (κ3) is 6.21. The molecule has 1 aliphatic rings. The summed E-state index contributed by atoms with van der Waals surface area (Å²) in [6.07, 6.45) is 0.699. The third-order valence-electron chi connectivity index (χ3n) is 4.25. The zero-order valence-electron chi connectivity index (χ0n) is 16.5. The summed E-state index contributed by atoms with van der Waals surface area (Å²) >= 11 is 0. The second-order valence-corrected chi connectivity index (χ2v) is 9.02. The number of hydrogen-bond acceptors (Lipinski definition) is 4. The molecular formula is C18H33N3O4. The molecular weight excluding hydrogens is 322 g/mol. The number of rotatable bonds is 3. The largest absolute Gasteiger partial charge is 0.444 e. The molecule has 3 atom stereocenters. The van der Waals surface area contributed by atoms with Gasteiger partial charge in [0.15, 0.2) is 0 Å². The number of carbonyl (C=O) groups excluding carboxylic acids is 3. The van der Waals surface area contributed by atoms with E-state index >= 15 is 0 Å². The topological polar surface area (TPSA) is 102 Å². The van der Waals surface area contributed by atoms with Gasteiger partial charge in [0, 0.05) is 6.54 Å². The lowest BCUT2D eigenvalue weighted by molar-refractivity contribution is -0.145. The van der Waals surface area contributed by atoms with Gasteiger partial charge in [0.1, 0.15) is 17.7 Å². The Morgan fingerprint density at radius 1 is 1.16 bits per heavy atom. The Morgan fingerprint density at radius 2 is 1.72 bits per heavy atom. The summed E-state index contributed by atoms with van der Waals surface area (Å²) in [5.41, 5.74) is 4.30. The first-order chi connectivity index (χ1) is 11.2. The van der Waals surface area contributed by atoms with Gasteiger partial charge in [0.05, 0.1) is 0 Å². The van der Waals surface area contributed by atoms with Crippen molar-refractivity contribution in [3.63, 3.8) is 0 Å². The number of alkyl carbamates (subject to hydrolysis) is 1. The number of ether oxygens (including phenoxy) is 1. The summed E-state index contributed by atoms with van der Waals surface area (Å²) in [6.45, 7) is 13.4. The zero-order valence-corrected chi connectivity index (χ0v) is 16.5. The van der Waals surface area contributed by atoms with E-state index in [0.717, 1.165) is 6.42 Å². The lowest BCUT2D eigenvalue weighted by atomic mass is 9.84. The van der Waals surface area contributed by atoms with Crippen molar-refractivity contribution >= 4 is 17.9 Å². The van der Waals surface area contributed by atoms with E-state index in [1.807, 2.05) is 27.7 Å². The molecule has 0 aromatic carbocycles. The summed E-state index contributed by atoms with van der Waals surface area (Å²) in [5, 5.41) is 2.68. The smallest absolute Gasteiger partial charge is 0.408 e. The van der Waals surface area contributed by atoms with E-state index in [2.05, 4.69) is 5.32 Å². The maximum absolute atomic E-state index is 13.1. The molecule has 7 heteroatoms. The van der Waals surface area contributed by atoms with Crippen LogP contribution in [0.3, 0.4) is 0 Å². The van der Waals surface area contributed by atoms with Crippen LogP contribution in [0.5, 0.6) is 0 Å². The molecule has 144 valence electrons. The quantitative estimate of drug-likeness (QED) is 0.809. The van der Waals surface area contributed by atoms with Crippen molar-refractivity contribution in [2.75, 3.05) is 6.54 Å². The van der Waals surface area contributed by atoms with Crippen molar-refractivity contribution in [3.05, 3.63) is 0 Å². The summed E-state index contributed by atoms with van der Waals surface area (Å²) in [7, 11) is 0. The van der Waals surface area contributed by atoms with E-state index < -0.39 is 35.1 Å². The number of nitrogens with zero attached hydrogens (tertiary/aromatic N) is 1. The SMILES string of the molecule is C[C@H]1CCN(C(=O)[C@@H](NC(=O)OC(C)(C)C)C(C)(C)C)[C@H](C(N)=O)C1. The van der Waals surface area contributed by atoms with Gasteiger partial charge in [-0.05, 0) is 44.9 Å². The van der Waals surface area contributed by atoms with Gasteiger partial charge in [-0.25, -0.2) is 4.79 Å². The van der Waals surface area contributed by atoms with E-state index in [-0.39, 0.29) is 5.91 Å². The average molecular weight is 355 g/mol. The Balaban J connectivity index is 3.00. The van der Waals surface area contributed by atoms with E-state index in [4.69, 9.17) is 10.5 Å². The Bertz CT molecular complexity index is 519. The number of piperidine rings is 1. The Kier molecular flexibility index (Phi) is 6.48. The molecule has 0 saturated carbocycles. The van der Waals surface area contributed by atoms with Crippen LogP contribution in [0.4, 0.5) is 4.79 Å². The van der Waals surface area contributed by atoms with Crippen LogP contribution in [0, 0.1) is 11.3 Å². The third-order valence-corrected chi connectivity index (χ3v) is 4.25. The van der Waals surface area contributed by atoms with Crippen molar-refractivity contribution < 1.29 is 19.1 Å². The van der Waals surface area contributed by atoms with Crippen LogP contribution in [0.25, 0.3) is 0 Å². The lowest BCUT2D eigenvalue weighted by Gasteiger charge is -2.41. The predicted octanol–water partition coefficient (Wildman–Crippen LogP) is 2.04. The number of amides is 3. The molecule has 0 aromatic heterocycles. The normalized spacial score (nSPS) is 22.9. The van der Waals surface area contributed by atoms with Gasteiger partial charge < -0.3 is 20.7 Å². The molecule has 0 radical (unpaired) electrons.